The molecule has 0 fully saturated rings. The molecule has 2 nitrogen and oxygen atoms in total. The third-order valence-corrected chi connectivity index (χ3v) is 3.56. The van der Waals surface area contributed by atoms with Crippen molar-refractivity contribution in [2.24, 2.45) is 0 Å². The van der Waals surface area contributed by atoms with Crippen LogP contribution in [-0.2, 0) is 0 Å². The molecule has 3 heteroatoms. The Bertz CT molecular complexity index is 537. The van der Waals surface area contributed by atoms with Gasteiger partial charge in [0.15, 0.2) is 0 Å². The van der Waals surface area contributed by atoms with E-state index in [9.17, 15) is 0 Å². The van der Waals surface area contributed by atoms with E-state index in [0.29, 0.717) is 0 Å². The quantitative estimate of drug-likeness (QED) is 0.836. The monoisotopic (exact) mass is 288 g/mol. The number of anilines is 2. The Kier molecular flexibility index (Phi) is 5.31. The molecule has 0 aromatic heterocycles. The third kappa shape index (κ3) is 4.17. The van der Waals surface area contributed by atoms with Crippen LogP contribution < -0.4 is 10.2 Å². The first-order chi connectivity index (χ1) is 9.69. The highest BCUT2D eigenvalue weighted by Gasteiger charge is 2.03. The smallest absolute Gasteiger partial charge is 0.0407 e. The normalized spacial score (nSPS) is 10.3. The fourth-order valence-electron chi connectivity index (χ4n) is 2.20. The molecule has 2 aromatic rings. The number of halogens is 1. The van der Waals surface area contributed by atoms with Gasteiger partial charge in [0.2, 0.25) is 0 Å². The van der Waals surface area contributed by atoms with E-state index in [1.54, 1.807) is 0 Å². The van der Waals surface area contributed by atoms with E-state index in [0.717, 1.165) is 30.3 Å². The van der Waals surface area contributed by atoms with Gasteiger partial charge in [0.1, 0.15) is 0 Å². The Morgan fingerprint density at radius 1 is 1.10 bits per heavy atom. The van der Waals surface area contributed by atoms with E-state index in [1.807, 2.05) is 24.3 Å². The van der Waals surface area contributed by atoms with E-state index < -0.39 is 0 Å². The topological polar surface area (TPSA) is 15.3 Å². The summed E-state index contributed by atoms with van der Waals surface area (Å²) < 4.78 is 0. The zero-order chi connectivity index (χ0) is 14.4. The van der Waals surface area contributed by atoms with Crippen LogP contribution in [0, 0.1) is 6.92 Å². The average Bonchev–Trinajstić information content (AvgIpc) is 2.45. The van der Waals surface area contributed by atoms with Crippen molar-refractivity contribution in [2.45, 2.75) is 13.8 Å². The van der Waals surface area contributed by atoms with Crippen LogP contribution in [-0.4, -0.2) is 19.6 Å². The molecular formula is C17H21ClN2. The molecule has 0 bridgehead atoms. The number of rotatable bonds is 6. The van der Waals surface area contributed by atoms with Crippen molar-refractivity contribution in [3.63, 3.8) is 0 Å². The van der Waals surface area contributed by atoms with Crippen molar-refractivity contribution in [1.82, 2.24) is 0 Å². The lowest BCUT2D eigenvalue weighted by atomic mass is 10.2. The lowest BCUT2D eigenvalue weighted by molar-refractivity contribution is 0.835. The van der Waals surface area contributed by atoms with Gasteiger partial charge in [0.05, 0.1) is 0 Å². The summed E-state index contributed by atoms with van der Waals surface area (Å²) in [5, 5.41) is 4.19. The minimum absolute atomic E-state index is 0.769. The van der Waals surface area contributed by atoms with Gasteiger partial charge in [-0.05, 0) is 55.8 Å². The zero-order valence-corrected chi connectivity index (χ0v) is 12.8. The minimum atomic E-state index is 0.769. The summed E-state index contributed by atoms with van der Waals surface area (Å²) in [6.45, 7) is 7.20. The average molecular weight is 289 g/mol. The highest BCUT2D eigenvalue weighted by molar-refractivity contribution is 6.30. The van der Waals surface area contributed by atoms with E-state index in [4.69, 9.17) is 11.6 Å². The lowest BCUT2D eigenvalue weighted by Gasteiger charge is -2.24. The van der Waals surface area contributed by atoms with Gasteiger partial charge in [-0.2, -0.15) is 0 Å². The van der Waals surface area contributed by atoms with Crippen molar-refractivity contribution >= 4 is 23.0 Å². The Morgan fingerprint density at radius 3 is 2.50 bits per heavy atom. The SMILES string of the molecule is CCN(CCNc1ccc(Cl)cc1)c1cccc(C)c1. The van der Waals surface area contributed by atoms with Crippen LogP contribution in [0.1, 0.15) is 12.5 Å². The molecule has 20 heavy (non-hydrogen) atoms. The highest BCUT2D eigenvalue weighted by atomic mass is 35.5. The number of nitrogens with zero attached hydrogens (tertiary/aromatic N) is 1. The second-order valence-electron chi connectivity index (χ2n) is 4.85. The fraction of sp³-hybridized carbons (Fsp3) is 0.294. The second kappa shape index (κ2) is 7.20. The molecular weight excluding hydrogens is 268 g/mol. The summed E-state index contributed by atoms with van der Waals surface area (Å²) in [5.41, 5.74) is 3.69. The van der Waals surface area contributed by atoms with Gasteiger partial charge in [-0.25, -0.2) is 0 Å². The summed E-state index contributed by atoms with van der Waals surface area (Å²) >= 11 is 5.88. The van der Waals surface area contributed by atoms with Crippen LogP contribution >= 0.6 is 11.6 Å². The van der Waals surface area contributed by atoms with Crippen molar-refractivity contribution in [2.75, 3.05) is 29.9 Å². The number of nitrogens with one attached hydrogen (secondary N) is 1. The van der Waals surface area contributed by atoms with Gasteiger partial charge >= 0.3 is 0 Å². The van der Waals surface area contributed by atoms with Gasteiger partial charge in [0, 0.05) is 36.0 Å². The highest BCUT2D eigenvalue weighted by Crippen LogP contribution is 2.16. The second-order valence-corrected chi connectivity index (χ2v) is 5.29. The molecule has 0 saturated carbocycles. The van der Waals surface area contributed by atoms with Crippen LogP contribution in [0.3, 0.4) is 0 Å². The molecule has 1 N–H and O–H groups in total. The molecule has 0 atom stereocenters. The van der Waals surface area contributed by atoms with E-state index >= 15 is 0 Å². The molecule has 2 aromatic carbocycles. The molecule has 0 saturated heterocycles. The molecule has 0 unspecified atom stereocenters. The maximum absolute atomic E-state index is 5.88. The molecule has 2 rings (SSSR count). The molecule has 0 spiro atoms. The Labute approximate surface area is 126 Å². The molecule has 106 valence electrons. The first kappa shape index (κ1) is 14.7. The third-order valence-electron chi connectivity index (χ3n) is 3.30. The maximum atomic E-state index is 5.88. The van der Waals surface area contributed by atoms with Gasteiger partial charge in [0.25, 0.3) is 0 Å². The van der Waals surface area contributed by atoms with Crippen LogP contribution in [0.25, 0.3) is 0 Å². The van der Waals surface area contributed by atoms with E-state index in [2.05, 4.69) is 48.3 Å². The summed E-state index contributed by atoms with van der Waals surface area (Å²) in [7, 11) is 0. The van der Waals surface area contributed by atoms with Gasteiger partial charge in [-0.3, -0.25) is 0 Å². The molecule has 0 radical (unpaired) electrons. The summed E-state index contributed by atoms with van der Waals surface area (Å²) in [5.74, 6) is 0. The first-order valence-corrected chi connectivity index (χ1v) is 7.38. The van der Waals surface area contributed by atoms with Crippen molar-refractivity contribution in [3.05, 3.63) is 59.1 Å². The number of hydrogen-bond donors (Lipinski definition) is 1. The van der Waals surface area contributed by atoms with Crippen LogP contribution in [0.2, 0.25) is 5.02 Å². The van der Waals surface area contributed by atoms with Crippen LogP contribution in [0.15, 0.2) is 48.5 Å². The fourth-order valence-corrected chi connectivity index (χ4v) is 2.32. The van der Waals surface area contributed by atoms with E-state index in [-0.39, 0.29) is 0 Å². The zero-order valence-electron chi connectivity index (χ0n) is 12.1. The largest absolute Gasteiger partial charge is 0.383 e. The van der Waals surface area contributed by atoms with E-state index in [1.165, 1.54) is 11.3 Å². The van der Waals surface area contributed by atoms with Gasteiger partial charge < -0.3 is 10.2 Å². The Balaban J connectivity index is 1.89. The standard InChI is InChI=1S/C17H21ClN2/c1-3-20(17-6-4-5-14(2)13-17)12-11-19-16-9-7-15(18)8-10-16/h4-10,13,19H,3,11-12H2,1-2H3. The summed E-state index contributed by atoms with van der Waals surface area (Å²) in [4.78, 5) is 2.37. The van der Waals surface area contributed by atoms with Crippen molar-refractivity contribution < 1.29 is 0 Å². The predicted molar refractivity (Wildman–Crippen MR) is 89.0 cm³/mol. The molecule has 0 heterocycles. The molecule has 0 aliphatic rings. The summed E-state index contributed by atoms with van der Waals surface area (Å²) in [6.07, 6.45) is 0. The number of benzene rings is 2. The number of likely N-dealkylation sites (N-methyl/N-ethyl adjacent to an activating group) is 1. The number of aryl methyl sites for hydroxylation is 1. The Hall–Kier alpha value is -1.67. The minimum Gasteiger partial charge on any atom is -0.383 e. The van der Waals surface area contributed by atoms with Gasteiger partial charge in [-0.15, -0.1) is 0 Å². The summed E-state index contributed by atoms with van der Waals surface area (Å²) in [6, 6.07) is 16.5. The Morgan fingerprint density at radius 2 is 1.85 bits per heavy atom. The van der Waals surface area contributed by atoms with Crippen LogP contribution in [0.5, 0.6) is 0 Å². The predicted octanol–water partition coefficient (Wildman–Crippen LogP) is 4.59. The molecule has 0 aliphatic heterocycles. The molecule has 0 amide bonds. The van der Waals surface area contributed by atoms with Crippen molar-refractivity contribution in [1.29, 1.82) is 0 Å². The van der Waals surface area contributed by atoms with Crippen molar-refractivity contribution in [3.8, 4) is 0 Å². The number of hydrogen-bond acceptors (Lipinski definition) is 2. The maximum Gasteiger partial charge on any atom is 0.0407 e. The lowest BCUT2D eigenvalue weighted by Crippen LogP contribution is -2.28. The van der Waals surface area contributed by atoms with Crippen LogP contribution in [0.4, 0.5) is 11.4 Å². The van der Waals surface area contributed by atoms with Gasteiger partial charge in [-0.1, -0.05) is 23.7 Å². The molecule has 0 aliphatic carbocycles. The first-order valence-electron chi connectivity index (χ1n) is 7.00.